The summed E-state index contributed by atoms with van der Waals surface area (Å²) < 4.78 is 2.94. The van der Waals surface area contributed by atoms with Crippen molar-refractivity contribution in [3.8, 4) is 11.4 Å². The summed E-state index contributed by atoms with van der Waals surface area (Å²) in [4.78, 5) is 12.4. The molecule has 0 unspecified atom stereocenters. The molecular formula is C20H18BrN3OS. The molecule has 0 fully saturated rings. The van der Waals surface area contributed by atoms with Crippen LogP contribution in [-0.4, -0.2) is 26.3 Å². The molecule has 0 spiro atoms. The van der Waals surface area contributed by atoms with E-state index in [1.807, 2.05) is 66.1 Å². The van der Waals surface area contributed by atoms with Crippen LogP contribution in [0.2, 0.25) is 0 Å². The number of carbonyl (C=O) groups excluding carboxylic acids is 1. The fraction of sp³-hybridized carbons (Fsp3) is 0.150. The normalized spacial score (nSPS) is 10.7. The summed E-state index contributed by atoms with van der Waals surface area (Å²) in [7, 11) is 0. The number of allylic oxidation sites excluding steroid dienone is 1. The number of aryl methyl sites for hydroxylation is 1. The Balaban J connectivity index is 1.79. The maximum Gasteiger partial charge on any atom is 0.192 e. The molecule has 0 radical (unpaired) electrons. The first-order valence-corrected chi connectivity index (χ1v) is 9.89. The van der Waals surface area contributed by atoms with Gasteiger partial charge >= 0.3 is 0 Å². The van der Waals surface area contributed by atoms with E-state index in [9.17, 15) is 4.79 Å². The Morgan fingerprint density at radius 3 is 2.50 bits per heavy atom. The van der Waals surface area contributed by atoms with Gasteiger partial charge in [0.05, 0.1) is 5.75 Å². The van der Waals surface area contributed by atoms with Crippen molar-refractivity contribution >= 4 is 33.5 Å². The summed E-state index contributed by atoms with van der Waals surface area (Å²) >= 11 is 4.77. The fourth-order valence-corrected chi connectivity index (χ4v) is 3.56. The number of benzene rings is 2. The van der Waals surface area contributed by atoms with E-state index in [1.54, 1.807) is 0 Å². The zero-order valence-corrected chi connectivity index (χ0v) is 16.8. The number of ketones is 1. The fourth-order valence-electron chi connectivity index (χ4n) is 2.45. The molecule has 6 heteroatoms. The van der Waals surface area contributed by atoms with Crippen molar-refractivity contribution in [2.75, 3.05) is 5.75 Å². The van der Waals surface area contributed by atoms with Crippen molar-refractivity contribution < 1.29 is 4.79 Å². The van der Waals surface area contributed by atoms with Crippen LogP contribution in [0.1, 0.15) is 15.9 Å². The molecule has 0 atom stereocenters. The van der Waals surface area contributed by atoms with Crippen molar-refractivity contribution in [2.45, 2.75) is 18.6 Å². The molecule has 0 N–H and O–H groups in total. The minimum Gasteiger partial charge on any atom is -0.298 e. The van der Waals surface area contributed by atoms with Crippen LogP contribution in [0.3, 0.4) is 0 Å². The molecule has 3 aromatic rings. The highest BCUT2D eigenvalue weighted by Crippen LogP contribution is 2.25. The highest BCUT2D eigenvalue weighted by atomic mass is 79.9. The number of thioether (sulfide) groups is 1. The number of aromatic nitrogens is 3. The lowest BCUT2D eigenvalue weighted by atomic mass is 10.1. The monoisotopic (exact) mass is 427 g/mol. The second kappa shape index (κ2) is 8.47. The van der Waals surface area contributed by atoms with E-state index in [0.717, 1.165) is 15.9 Å². The largest absolute Gasteiger partial charge is 0.298 e. The van der Waals surface area contributed by atoms with Crippen molar-refractivity contribution in [3.05, 3.63) is 76.8 Å². The highest BCUT2D eigenvalue weighted by Gasteiger charge is 2.15. The van der Waals surface area contributed by atoms with Crippen LogP contribution in [0.4, 0.5) is 0 Å². The predicted octanol–water partition coefficient (Wildman–Crippen LogP) is 5.18. The van der Waals surface area contributed by atoms with E-state index in [4.69, 9.17) is 0 Å². The smallest absolute Gasteiger partial charge is 0.192 e. The summed E-state index contributed by atoms with van der Waals surface area (Å²) in [6.07, 6.45) is 1.81. The van der Waals surface area contributed by atoms with Gasteiger partial charge in [-0.15, -0.1) is 16.8 Å². The molecule has 0 saturated heterocycles. The standard InChI is InChI=1S/C20H18BrN3OS/c1-3-12-24-19(16-6-4-14(2)5-7-16)22-23-20(24)26-13-18(25)15-8-10-17(21)11-9-15/h3-11H,1,12-13H2,2H3. The molecule has 0 bridgehead atoms. The Morgan fingerprint density at radius 1 is 1.15 bits per heavy atom. The highest BCUT2D eigenvalue weighted by molar-refractivity contribution is 9.10. The van der Waals surface area contributed by atoms with Gasteiger partial charge in [-0.1, -0.05) is 75.7 Å². The average Bonchev–Trinajstić information content (AvgIpc) is 3.04. The first-order valence-electron chi connectivity index (χ1n) is 8.11. The number of hydrogen-bond donors (Lipinski definition) is 0. The van der Waals surface area contributed by atoms with Crippen molar-refractivity contribution in [1.82, 2.24) is 14.8 Å². The number of carbonyl (C=O) groups is 1. The number of nitrogens with zero attached hydrogens (tertiary/aromatic N) is 3. The molecule has 132 valence electrons. The third kappa shape index (κ3) is 4.31. The summed E-state index contributed by atoms with van der Waals surface area (Å²) in [5.74, 6) is 1.15. The van der Waals surface area contributed by atoms with Gasteiger partial charge in [0.15, 0.2) is 16.8 Å². The molecule has 26 heavy (non-hydrogen) atoms. The van der Waals surface area contributed by atoms with Gasteiger partial charge in [0.25, 0.3) is 0 Å². The van der Waals surface area contributed by atoms with Gasteiger partial charge in [-0.3, -0.25) is 9.36 Å². The van der Waals surface area contributed by atoms with Crippen molar-refractivity contribution in [3.63, 3.8) is 0 Å². The van der Waals surface area contributed by atoms with Crippen LogP contribution >= 0.6 is 27.7 Å². The van der Waals surface area contributed by atoms with E-state index in [-0.39, 0.29) is 5.78 Å². The quantitative estimate of drug-likeness (QED) is 0.296. The van der Waals surface area contributed by atoms with Gasteiger partial charge in [-0.25, -0.2) is 0 Å². The summed E-state index contributed by atoms with van der Waals surface area (Å²) in [6.45, 7) is 6.46. The maximum absolute atomic E-state index is 12.4. The molecule has 0 amide bonds. The van der Waals surface area contributed by atoms with E-state index >= 15 is 0 Å². The van der Waals surface area contributed by atoms with Gasteiger partial charge in [-0.2, -0.15) is 0 Å². The second-order valence-electron chi connectivity index (χ2n) is 5.79. The predicted molar refractivity (Wildman–Crippen MR) is 110 cm³/mol. The van der Waals surface area contributed by atoms with Crippen molar-refractivity contribution in [2.24, 2.45) is 0 Å². The van der Waals surface area contributed by atoms with Crippen LogP contribution in [0, 0.1) is 6.92 Å². The molecule has 0 aliphatic heterocycles. The second-order valence-corrected chi connectivity index (χ2v) is 7.65. The summed E-state index contributed by atoms with van der Waals surface area (Å²) in [5.41, 5.74) is 2.88. The van der Waals surface area contributed by atoms with Gasteiger partial charge in [-0.05, 0) is 19.1 Å². The Bertz CT molecular complexity index is 917. The molecule has 3 rings (SSSR count). The molecule has 1 heterocycles. The molecule has 0 aliphatic rings. The third-order valence-electron chi connectivity index (χ3n) is 3.84. The van der Waals surface area contributed by atoms with Crippen LogP contribution in [0.5, 0.6) is 0 Å². The topological polar surface area (TPSA) is 47.8 Å². The van der Waals surface area contributed by atoms with Gasteiger partial charge in [0, 0.05) is 22.1 Å². The Kier molecular flexibility index (Phi) is 6.06. The molecule has 4 nitrogen and oxygen atoms in total. The lowest BCUT2D eigenvalue weighted by Gasteiger charge is -2.08. The first-order chi connectivity index (χ1) is 12.6. The minimum atomic E-state index is 0.0625. The zero-order valence-electron chi connectivity index (χ0n) is 14.4. The Morgan fingerprint density at radius 2 is 1.85 bits per heavy atom. The van der Waals surface area contributed by atoms with Crippen molar-refractivity contribution in [1.29, 1.82) is 0 Å². The minimum absolute atomic E-state index is 0.0625. The first kappa shape index (κ1) is 18.6. The van der Waals surface area contributed by atoms with Crippen LogP contribution < -0.4 is 0 Å². The SMILES string of the molecule is C=CCn1c(SCC(=O)c2ccc(Br)cc2)nnc1-c1ccc(C)cc1. The lowest BCUT2D eigenvalue weighted by molar-refractivity contribution is 0.102. The van der Waals surface area contributed by atoms with E-state index in [2.05, 4.69) is 32.7 Å². The van der Waals surface area contributed by atoms with Crippen LogP contribution in [0.25, 0.3) is 11.4 Å². The van der Waals surface area contributed by atoms with E-state index < -0.39 is 0 Å². The number of Topliss-reactive ketones (excluding diaryl/α,β-unsaturated/α-hetero) is 1. The number of halogens is 1. The molecule has 1 aromatic heterocycles. The Hall–Kier alpha value is -2.18. The molecular weight excluding hydrogens is 410 g/mol. The van der Waals surface area contributed by atoms with E-state index in [1.165, 1.54) is 17.3 Å². The van der Waals surface area contributed by atoms with E-state index in [0.29, 0.717) is 23.0 Å². The lowest BCUT2D eigenvalue weighted by Crippen LogP contribution is -2.05. The molecule has 2 aromatic carbocycles. The molecule has 0 saturated carbocycles. The molecule has 0 aliphatic carbocycles. The number of rotatable bonds is 7. The van der Waals surface area contributed by atoms with Crippen LogP contribution in [0.15, 0.2) is 70.8 Å². The zero-order chi connectivity index (χ0) is 18.5. The van der Waals surface area contributed by atoms with Crippen LogP contribution in [-0.2, 0) is 6.54 Å². The number of hydrogen-bond acceptors (Lipinski definition) is 4. The third-order valence-corrected chi connectivity index (χ3v) is 5.33. The van der Waals surface area contributed by atoms with Gasteiger partial charge in [0.1, 0.15) is 0 Å². The van der Waals surface area contributed by atoms with Gasteiger partial charge < -0.3 is 0 Å². The summed E-state index contributed by atoms with van der Waals surface area (Å²) in [5, 5.41) is 9.32. The van der Waals surface area contributed by atoms with Gasteiger partial charge in [0.2, 0.25) is 0 Å². The summed E-state index contributed by atoms with van der Waals surface area (Å²) in [6, 6.07) is 15.5. The maximum atomic E-state index is 12.4. The Labute approximate surface area is 165 Å². The average molecular weight is 428 g/mol.